The second-order valence-corrected chi connectivity index (χ2v) is 6.74. The normalized spacial score (nSPS) is 12.2. The Morgan fingerprint density at radius 3 is 2.50 bits per heavy atom. The molecule has 1 N–H and O–H groups in total. The Morgan fingerprint density at radius 1 is 1.20 bits per heavy atom. The molecule has 0 aliphatic carbocycles. The van der Waals surface area contributed by atoms with E-state index in [1.165, 1.54) is 11.3 Å². The zero-order valence-electron chi connectivity index (χ0n) is 11.0. The van der Waals surface area contributed by atoms with Gasteiger partial charge < -0.3 is 5.32 Å². The van der Waals surface area contributed by atoms with Gasteiger partial charge in [0.25, 0.3) is 0 Å². The van der Waals surface area contributed by atoms with Crippen molar-refractivity contribution in [1.82, 2.24) is 5.32 Å². The number of rotatable bonds is 5. The summed E-state index contributed by atoms with van der Waals surface area (Å²) in [6.45, 7) is 1.96. The Kier molecular flexibility index (Phi) is 5.46. The lowest BCUT2D eigenvalue weighted by atomic mass is 10.1. The molecule has 0 saturated carbocycles. The highest BCUT2D eigenvalue weighted by Crippen LogP contribution is 2.26. The summed E-state index contributed by atoms with van der Waals surface area (Å²) in [5, 5.41) is 3.69. The number of halogens is 2. The van der Waals surface area contributed by atoms with Gasteiger partial charge in [-0.2, -0.15) is 0 Å². The summed E-state index contributed by atoms with van der Waals surface area (Å²) in [6.07, 6.45) is 1.17. The molecule has 0 bridgehead atoms. The largest absolute Gasteiger partial charge is 0.349 e. The Morgan fingerprint density at radius 2 is 1.90 bits per heavy atom. The van der Waals surface area contributed by atoms with Crippen LogP contribution in [0.3, 0.4) is 0 Å². The summed E-state index contributed by atoms with van der Waals surface area (Å²) in [6, 6.07) is 11.3. The van der Waals surface area contributed by atoms with Gasteiger partial charge in [-0.1, -0.05) is 35.3 Å². The fourth-order valence-electron chi connectivity index (χ4n) is 1.85. The first-order valence-electron chi connectivity index (χ1n) is 6.33. The first-order chi connectivity index (χ1) is 9.54. The van der Waals surface area contributed by atoms with Crippen LogP contribution in [-0.4, -0.2) is 5.91 Å². The molecule has 1 amide bonds. The molecule has 1 heterocycles. The van der Waals surface area contributed by atoms with Gasteiger partial charge in [0.2, 0.25) is 5.91 Å². The molecule has 1 aromatic carbocycles. The summed E-state index contributed by atoms with van der Waals surface area (Å²) in [4.78, 5) is 13.0. The van der Waals surface area contributed by atoms with Gasteiger partial charge in [-0.05, 0) is 43.2 Å². The topological polar surface area (TPSA) is 29.1 Å². The van der Waals surface area contributed by atoms with Gasteiger partial charge in [0.15, 0.2) is 0 Å². The number of hydrogen-bond donors (Lipinski definition) is 1. The zero-order valence-corrected chi connectivity index (χ0v) is 13.4. The predicted octanol–water partition coefficient (Wildman–Crippen LogP) is 4.86. The van der Waals surface area contributed by atoms with Gasteiger partial charge >= 0.3 is 0 Å². The lowest BCUT2D eigenvalue weighted by Gasteiger charge is -2.12. The van der Waals surface area contributed by atoms with Gasteiger partial charge in [0.1, 0.15) is 0 Å². The highest BCUT2D eigenvalue weighted by molar-refractivity contribution is 7.16. The van der Waals surface area contributed by atoms with Crippen LogP contribution in [0.25, 0.3) is 0 Å². The minimum Gasteiger partial charge on any atom is -0.349 e. The van der Waals surface area contributed by atoms with Crippen LogP contribution in [0.4, 0.5) is 0 Å². The number of benzene rings is 1. The lowest BCUT2D eigenvalue weighted by molar-refractivity contribution is -0.121. The van der Waals surface area contributed by atoms with Crippen LogP contribution < -0.4 is 5.32 Å². The minimum atomic E-state index is -0.00906. The third-order valence-corrected chi connectivity index (χ3v) is 4.62. The smallest absolute Gasteiger partial charge is 0.220 e. The summed E-state index contributed by atoms with van der Waals surface area (Å²) in [7, 11) is 0. The van der Waals surface area contributed by atoms with Crippen molar-refractivity contribution in [2.45, 2.75) is 25.8 Å². The van der Waals surface area contributed by atoms with Crippen molar-refractivity contribution in [3.63, 3.8) is 0 Å². The van der Waals surface area contributed by atoms with Crippen LogP contribution in [0.2, 0.25) is 9.36 Å². The quantitative estimate of drug-likeness (QED) is 0.834. The van der Waals surface area contributed by atoms with Crippen molar-refractivity contribution in [3.8, 4) is 0 Å². The molecule has 0 aliphatic rings. The first kappa shape index (κ1) is 15.4. The second kappa shape index (κ2) is 7.11. The molecule has 20 heavy (non-hydrogen) atoms. The minimum absolute atomic E-state index is 0.00906. The Hall–Kier alpha value is -1.03. The van der Waals surface area contributed by atoms with Crippen LogP contribution in [-0.2, 0) is 11.2 Å². The third-order valence-electron chi connectivity index (χ3n) is 2.95. The third kappa shape index (κ3) is 4.51. The van der Waals surface area contributed by atoms with Crippen molar-refractivity contribution < 1.29 is 4.79 Å². The summed E-state index contributed by atoms with van der Waals surface area (Å²) < 4.78 is 0.738. The average molecular weight is 328 g/mol. The van der Waals surface area contributed by atoms with Crippen LogP contribution in [0.15, 0.2) is 36.4 Å². The van der Waals surface area contributed by atoms with E-state index >= 15 is 0 Å². The number of nitrogens with one attached hydrogen (secondary N) is 1. The van der Waals surface area contributed by atoms with E-state index < -0.39 is 0 Å². The van der Waals surface area contributed by atoms with Crippen molar-refractivity contribution in [2.75, 3.05) is 0 Å². The van der Waals surface area contributed by atoms with E-state index in [0.29, 0.717) is 17.9 Å². The molecule has 2 nitrogen and oxygen atoms in total. The number of thiophene rings is 1. The maximum atomic E-state index is 11.9. The van der Waals surface area contributed by atoms with Gasteiger partial charge in [0.05, 0.1) is 10.4 Å². The fraction of sp³-hybridized carbons (Fsp3) is 0.267. The summed E-state index contributed by atoms with van der Waals surface area (Å²) in [5.74, 6) is 0.0389. The van der Waals surface area contributed by atoms with E-state index in [1.54, 1.807) is 0 Å². The van der Waals surface area contributed by atoms with Crippen LogP contribution >= 0.6 is 34.5 Å². The predicted molar refractivity (Wildman–Crippen MR) is 85.7 cm³/mol. The second-order valence-electron chi connectivity index (χ2n) is 4.56. The molecule has 1 aromatic heterocycles. The molecule has 1 unspecified atom stereocenters. The van der Waals surface area contributed by atoms with E-state index in [1.807, 2.05) is 43.3 Å². The zero-order chi connectivity index (χ0) is 14.5. The van der Waals surface area contributed by atoms with Gasteiger partial charge in [-0.15, -0.1) is 11.3 Å². The molecular weight excluding hydrogens is 313 g/mol. The monoisotopic (exact) mass is 327 g/mol. The van der Waals surface area contributed by atoms with E-state index in [0.717, 1.165) is 14.8 Å². The maximum Gasteiger partial charge on any atom is 0.220 e. The molecule has 1 atom stereocenters. The number of carbonyl (C=O) groups is 1. The Balaban J connectivity index is 1.82. The average Bonchev–Trinajstić information content (AvgIpc) is 2.85. The van der Waals surface area contributed by atoms with E-state index in [4.69, 9.17) is 23.2 Å². The fourth-order valence-corrected chi connectivity index (χ4v) is 3.04. The van der Waals surface area contributed by atoms with E-state index in [-0.39, 0.29) is 11.9 Å². The molecule has 0 saturated heterocycles. The highest BCUT2D eigenvalue weighted by Gasteiger charge is 2.11. The standard InChI is InChI=1S/C15H15Cl2NOS/c1-10(13-7-8-14(17)20-13)18-15(19)9-4-11-2-5-12(16)6-3-11/h2-3,5-8,10H,4,9H2,1H3,(H,18,19). The van der Waals surface area contributed by atoms with E-state index in [9.17, 15) is 4.79 Å². The van der Waals surface area contributed by atoms with Crippen LogP contribution in [0.5, 0.6) is 0 Å². The SMILES string of the molecule is CC(NC(=O)CCc1ccc(Cl)cc1)c1ccc(Cl)s1. The number of amides is 1. The molecule has 2 rings (SSSR count). The Bertz CT molecular complexity index is 580. The van der Waals surface area contributed by atoms with E-state index in [2.05, 4.69) is 5.32 Å². The van der Waals surface area contributed by atoms with Gasteiger partial charge in [0, 0.05) is 16.3 Å². The molecule has 106 valence electrons. The molecule has 2 aromatic rings. The Labute approximate surface area is 132 Å². The molecule has 5 heteroatoms. The van der Waals surface area contributed by atoms with Crippen molar-refractivity contribution >= 4 is 40.4 Å². The number of hydrogen-bond acceptors (Lipinski definition) is 2. The molecule has 0 radical (unpaired) electrons. The molecule has 0 spiro atoms. The lowest BCUT2D eigenvalue weighted by Crippen LogP contribution is -2.26. The first-order valence-corrected chi connectivity index (χ1v) is 7.91. The molecular formula is C15H15Cl2NOS. The van der Waals surface area contributed by atoms with Crippen molar-refractivity contribution in [3.05, 3.63) is 56.2 Å². The number of carbonyl (C=O) groups excluding carboxylic acids is 1. The van der Waals surface area contributed by atoms with Crippen LogP contribution in [0.1, 0.15) is 29.8 Å². The van der Waals surface area contributed by atoms with Crippen molar-refractivity contribution in [1.29, 1.82) is 0 Å². The van der Waals surface area contributed by atoms with Crippen LogP contribution in [0, 0.1) is 0 Å². The summed E-state index contributed by atoms with van der Waals surface area (Å²) >= 11 is 13.2. The van der Waals surface area contributed by atoms with Crippen molar-refractivity contribution in [2.24, 2.45) is 0 Å². The molecule has 0 aliphatic heterocycles. The highest BCUT2D eigenvalue weighted by atomic mass is 35.5. The number of aryl methyl sites for hydroxylation is 1. The van der Waals surface area contributed by atoms with Gasteiger partial charge in [-0.3, -0.25) is 4.79 Å². The summed E-state index contributed by atoms with van der Waals surface area (Å²) in [5.41, 5.74) is 1.11. The van der Waals surface area contributed by atoms with Gasteiger partial charge in [-0.25, -0.2) is 0 Å². The molecule has 0 fully saturated rings. The maximum absolute atomic E-state index is 11.9.